The molecule has 104 valence electrons. The van der Waals surface area contributed by atoms with Crippen molar-refractivity contribution in [1.29, 1.82) is 0 Å². The maximum atomic E-state index is 11.6. The highest BCUT2D eigenvalue weighted by Gasteiger charge is 2.07. The zero-order chi connectivity index (χ0) is 14.1. The van der Waals surface area contributed by atoms with Crippen molar-refractivity contribution < 1.29 is 14.3 Å². The molecule has 0 aliphatic carbocycles. The van der Waals surface area contributed by atoms with Crippen molar-refractivity contribution in [3.05, 3.63) is 29.8 Å². The summed E-state index contributed by atoms with van der Waals surface area (Å²) in [5.41, 5.74) is 1.97. The molecule has 1 aromatic rings. The second-order valence-corrected chi connectivity index (χ2v) is 5.26. The van der Waals surface area contributed by atoms with E-state index in [9.17, 15) is 9.59 Å². The van der Waals surface area contributed by atoms with Crippen LogP contribution in [0.4, 0.5) is 0 Å². The monoisotopic (exact) mass is 281 g/mol. The summed E-state index contributed by atoms with van der Waals surface area (Å²) in [5.74, 6) is 1.25. The molecule has 0 saturated carbocycles. The molecule has 1 atom stereocenters. The quantitative estimate of drug-likeness (QED) is 0.586. The summed E-state index contributed by atoms with van der Waals surface area (Å²) in [7, 11) is 0. The van der Waals surface area contributed by atoms with Crippen LogP contribution < -0.4 is 10.1 Å². The molecule has 0 radical (unpaired) electrons. The van der Waals surface area contributed by atoms with Gasteiger partial charge in [-0.15, -0.1) is 0 Å². The molecule has 1 rings (SSSR count). The Morgan fingerprint density at radius 3 is 2.74 bits per heavy atom. The molecule has 1 aromatic carbocycles. The number of ether oxygens (including phenoxy) is 1. The van der Waals surface area contributed by atoms with Gasteiger partial charge in [-0.25, -0.2) is 0 Å². The number of aryl methyl sites for hydroxylation is 1. The van der Waals surface area contributed by atoms with Gasteiger partial charge in [0, 0.05) is 11.8 Å². The lowest BCUT2D eigenvalue weighted by Gasteiger charge is -2.13. The molecule has 0 aliphatic heterocycles. The standard InChI is InChI=1S/C14H19NO3S/c1-11-3-5-13(6-4-11)18-9-14(17)15-12(2)7-8-19-10-16/h3-6,10,12H,7-9H2,1-2H3,(H,15,17)/t12-/m1/s1. The average Bonchev–Trinajstić information content (AvgIpc) is 2.38. The van der Waals surface area contributed by atoms with Crippen LogP contribution in [0, 0.1) is 6.92 Å². The van der Waals surface area contributed by atoms with Gasteiger partial charge in [-0.1, -0.05) is 29.5 Å². The third-order valence-electron chi connectivity index (χ3n) is 2.54. The summed E-state index contributed by atoms with van der Waals surface area (Å²) >= 11 is 1.21. The summed E-state index contributed by atoms with van der Waals surface area (Å²) in [6.45, 7) is 3.92. The van der Waals surface area contributed by atoms with Gasteiger partial charge in [-0.3, -0.25) is 9.59 Å². The number of rotatable bonds is 8. The van der Waals surface area contributed by atoms with Crippen molar-refractivity contribution in [3.63, 3.8) is 0 Å². The topological polar surface area (TPSA) is 55.4 Å². The number of nitrogens with one attached hydrogen (secondary N) is 1. The number of benzene rings is 1. The van der Waals surface area contributed by atoms with Crippen LogP contribution in [0.3, 0.4) is 0 Å². The fraction of sp³-hybridized carbons (Fsp3) is 0.429. The number of amides is 1. The number of hydrogen-bond acceptors (Lipinski definition) is 4. The first-order valence-corrected chi connectivity index (χ1v) is 7.20. The van der Waals surface area contributed by atoms with Crippen LogP contribution in [-0.4, -0.2) is 29.9 Å². The van der Waals surface area contributed by atoms with Crippen molar-refractivity contribution in [2.45, 2.75) is 26.3 Å². The highest BCUT2D eigenvalue weighted by Crippen LogP contribution is 2.11. The zero-order valence-corrected chi connectivity index (χ0v) is 12.0. The van der Waals surface area contributed by atoms with Gasteiger partial charge in [0.25, 0.3) is 5.91 Å². The fourth-order valence-corrected chi connectivity index (χ4v) is 2.05. The van der Waals surface area contributed by atoms with Crippen molar-refractivity contribution in [3.8, 4) is 5.75 Å². The van der Waals surface area contributed by atoms with E-state index < -0.39 is 0 Å². The summed E-state index contributed by atoms with van der Waals surface area (Å²) in [6.07, 6.45) is 0.764. The predicted octanol–water partition coefficient (Wildman–Crippen LogP) is 2.19. The van der Waals surface area contributed by atoms with Gasteiger partial charge in [0.2, 0.25) is 0 Å². The first-order valence-electron chi connectivity index (χ1n) is 6.16. The van der Waals surface area contributed by atoms with Crippen molar-refractivity contribution >= 4 is 23.3 Å². The third-order valence-corrected chi connectivity index (χ3v) is 3.14. The Hall–Kier alpha value is -1.49. The van der Waals surface area contributed by atoms with Crippen LogP contribution in [0.5, 0.6) is 5.75 Å². The first-order chi connectivity index (χ1) is 9.11. The Morgan fingerprint density at radius 1 is 1.42 bits per heavy atom. The number of carbonyl (C=O) groups excluding carboxylic acids is 2. The predicted molar refractivity (Wildman–Crippen MR) is 78.1 cm³/mol. The van der Waals surface area contributed by atoms with Gasteiger partial charge in [0.15, 0.2) is 12.2 Å². The lowest BCUT2D eigenvalue weighted by molar-refractivity contribution is -0.123. The molecule has 0 aliphatic rings. The summed E-state index contributed by atoms with van der Waals surface area (Å²) in [5, 5.41) is 2.83. The molecule has 4 nitrogen and oxygen atoms in total. The van der Waals surface area contributed by atoms with E-state index in [2.05, 4.69) is 5.32 Å². The van der Waals surface area contributed by atoms with Crippen LogP contribution in [-0.2, 0) is 9.59 Å². The third kappa shape index (κ3) is 6.86. The molecule has 1 N–H and O–H groups in total. The summed E-state index contributed by atoms with van der Waals surface area (Å²) in [4.78, 5) is 21.8. The molecule has 0 unspecified atom stereocenters. The minimum atomic E-state index is -0.149. The van der Waals surface area contributed by atoms with E-state index in [0.717, 1.165) is 17.6 Å². The molecule has 0 aromatic heterocycles. The van der Waals surface area contributed by atoms with Gasteiger partial charge < -0.3 is 10.1 Å². The van der Waals surface area contributed by atoms with Crippen LogP contribution in [0.25, 0.3) is 0 Å². The highest BCUT2D eigenvalue weighted by atomic mass is 32.2. The zero-order valence-electron chi connectivity index (χ0n) is 11.2. The minimum absolute atomic E-state index is 0.00816. The lowest BCUT2D eigenvalue weighted by atomic mass is 10.2. The van der Waals surface area contributed by atoms with E-state index >= 15 is 0 Å². The first kappa shape index (κ1) is 15.6. The molecule has 0 heterocycles. The van der Waals surface area contributed by atoms with E-state index in [1.807, 2.05) is 38.1 Å². The molecule has 5 heteroatoms. The number of hydrogen-bond donors (Lipinski definition) is 1. The lowest BCUT2D eigenvalue weighted by Crippen LogP contribution is -2.36. The number of thioether (sulfide) groups is 1. The minimum Gasteiger partial charge on any atom is -0.484 e. The fourth-order valence-electron chi connectivity index (χ4n) is 1.46. The molecule has 0 bridgehead atoms. The average molecular weight is 281 g/mol. The van der Waals surface area contributed by atoms with Gasteiger partial charge in [-0.05, 0) is 32.4 Å². The Bertz CT molecular complexity index is 406. The van der Waals surface area contributed by atoms with E-state index in [1.165, 1.54) is 11.8 Å². The molecular formula is C14H19NO3S. The smallest absolute Gasteiger partial charge is 0.258 e. The maximum absolute atomic E-state index is 11.6. The number of carbonyl (C=O) groups is 2. The summed E-state index contributed by atoms with van der Waals surface area (Å²) in [6, 6.07) is 7.60. The molecule has 0 spiro atoms. The van der Waals surface area contributed by atoms with Crippen molar-refractivity contribution in [1.82, 2.24) is 5.32 Å². The van der Waals surface area contributed by atoms with E-state index in [0.29, 0.717) is 11.5 Å². The Morgan fingerprint density at radius 2 is 2.11 bits per heavy atom. The van der Waals surface area contributed by atoms with Crippen LogP contribution >= 0.6 is 11.8 Å². The van der Waals surface area contributed by atoms with E-state index in [4.69, 9.17) is 4.74 Å². The van der Waals surface area contributed by atoms with Crippen LogP contribution in [0.2, 0.25) is 0 Å². The second kappa shape index (κ2) is 8.58. The van der Waals surface area contributed by atoms with Crippen LogP contribution in [0.15, 0.2) is 24.3 Å². The molecule has 19 heavy (non-hydrogen) atoms. The van der Waals surface area contributed by atoms with Gasteiger partial charge in [0.05, 0.1) is 0 Å². The van der Waals surface area contributed by atoms with Gasteiger partial charge in [-0.2, -0.15) is 0 Å². The Balaban J connectivity index is 2.23. The molecule has 0 saturated heterocycles. The van der Waals surface area contributed by atoms with E-state index in [1.54, 1.807) is 0 Å². The van der Waals surface area contributed by atoms with Crippen molar-refractivity contribution in [2.75, 3.05) is 12.4 Å². The largest absolute Gasteiger partial charge is 0.484 e. The molecule has 0 fully saturated rings. The molecule has 1 amide bonds. The Kier molecular flexibility index (Phi) is 7.03. The van der Waals surface area contributed by atoms with Gasteiger partial charge >= 0.3 is 0 Å². The summed E-state index contributed by atoms with van der Waals surface area (Å²) < 4.78 is 5.38. The maximum Gasteiger partial charge on any atom is 0.258 e. The van der Waals surface area contributed by atoms with Crippen molar-refractivity contribution in [2.24, 2.45) is 0 Å². The van der Waals surface area contributed by atoms with Gasteiger partial charge in [0.1, 0.15) is 5.75 Å². The molecular weight excluding hydrogens is 262 g/mol. The normalized spacial score (nSPS) is 11.7. The highest BCUT2D eigenvalue weighted by molar-refractivity contribution is 8.11. The Labute approximate surface area is 117 Å². The SMILES string of the molecule is Cc1ccc(OCC(=O)N[C@H](C)CCSC=O)cc1. The van der Waals surface area contributed by atoms with Crippen LogP contribution in [0.1, 0.15) is 18.9 Å². The second-order valence-electron chi connectivity index (χ2n) is 4.33. The van der Waals surface area contributed by atoms with E-state index in [-0.39, 0.29) is 18.6 Å².